The number of benzene rings is 1. The number of aromatic nitrogens is 3. The lowest BCUT2D eigenvalue weighted by molar-refractivity contribution is -0.142. The van der Waals surface area contributed by atoms with Crippen molar-refractivity contribution in [3.8, 4) is 5.75 Å². The first-order chi connectivity index (χ1) is 10.8. The molecule has 0 bridgehead atoms. The fourth-order valence-electron chi connectivity index (χ4n) is 1.77. The van der Waals surface area contributed by atoms with Crippen molar-refractivity contribution >= 4 is 11.8 Å². The maximum absolute atomic E-state index is 12.4. The lowest BCUT2D eigenvalue weighted by atomic mass is 10.2. The Bertz CT molecular complexity index is 634. The predicted molar refractivity (Wildman–Crippen MR) is 79.5 cm³/mol. The van der Waals surface area contributed by atoms with Crippen LogP contribution in [0.2, 0.25) is 0 Å². The van der Waals surface area contributed by atoms with Crippen LogP contribution >= 0.6 is 11.8 Å². The molecule has 5 nitrogen and oxygen atoms in total. The molecule has 1 heterocycles. The molecule has 126 valence electrons. The van der Waals surface area contributed by atoms with Crippen LogP contribution in [0, 0.1) is 6.92 Å². The van der Waals surface area contributed by atoms with Gasteiger partial charge >= 0.3 is 6.18 Å². The molecule has 0 aliphatic carbocycles. The average molecular weight is 347 g/mol. The number of hydrogen-bond donors (Lipinski definition) is 1. The van der Waals surface area contributed by atoms with E-state index in [2.05, 4.69) is 10.2 Å². The summed E-state index contributed by atoms with van der Waals surface area (Å²) in [5.41, 5.74) is 1.03. The third-order valence-corrected chi connectivity index (χ3v) is 3.89. The number of nitrogens with zero attached hydrogens (tertiary/aromatic N) is 3. The van der Waals surface area contributed by atoms with Crippen LogP contribution in [0.1, 0.15) is 5.56 Å². The van der Waals surface area contributed by atoms with Gasteiger partial charge in [-0.2, -0.15) is 13.2 Å². The summed E-state index contributed by atoms with van der Waals surface area (Å²) in [5, 5.41) is 17.1. The molecule has 0 amide bonds. The Kier molecular flexibility index (Phi) is 5.89. The normalized spacial score (nSPS) is 13.1. The zero-order chi connectivity index (χ0) is 16.9. The van der Waals surface area contributed by atoms with E-state index in [0.717, 1.165) is 28.2 Å². The van der Waals surface area contributed by atoms with Crippen molar-refractivity contribution in [2.24, 2.45) is 0 Å². The summed E-state index contributed by atoms with van der Waals surface area (Å²) in [4.78, 5) is 0. The molecule has 0 saturated heterocycles. The fourth-order valence-corrected chi connectivity index (χ4v) is 2.59. The summed E-state index contributed by atoms with van der Waals surface area (Å²) in [5.74, 6) is 0.789. The van der Waals surface area contributed by atoms with Crippen LogP contribution in [0.25, 0.3) is 0 Å². The van der Waals surface area contributed by atoms with Gasteiger partial charge in [0.1, 0.15) is 25.2 Å². The highest BCUT2D eigenvalue weighted by molar-refractivity contribution is 7.99. The van der Waals surface area contributed by atoms with Crippen LogP contribution < -0.4 is 4.74 Å². The molecule has 1 unspecified atom stereocenters. The molecule has 0 aliphatic heterocycles. The number of aliphatic hydroxyl groups is 1. The largest absolute Gasteiger partial charge is 0.491 e. The smallest absolute Gasteiger partial charge is 0.406 e. The highest BCUT2D eigenvalue weighted by atomic mass is 32.2. The Morgan fingerprint density at radius 2 is 2.17 bits per heavy atom. The van der Waals surface area contributed by atoms with Crippen LogP contribution in [0.15, 0.2) is 35.7 Å². The molecule has 1 aromatic heterocycles. The van der Waals surface area contributed by atoms with Crippen molar-refractivity contribution in [3.63, 3.8) is 0 Å². The van der Waals surface area contributed by atoms with Gasteiger partial charge in [-0.1, -0.05) is 23.9 Å². The molecule has 0 radical (unpaired) electrons. The molecular formula is C14H16F3N3O2S. The summed E-state index contributed by atoms with van der Waals surface area (Å²) in [7, 11) is 0. The zero-order valence-electron chi connectivity index (χ0n) is 12.3. The third-order valence-electron chi connectivity index (χ3n) is 2.77. The van der Waals surface area contributed by atoms with E-state index in [1.165, 1.54) is 0 Å². The van der Waals surface area contributed by atoms with Crippen molar-refractivity contribution in [2.45, 2.75) is 30.9 Å². The average Bonchev–Trinajstić information content (AvgIpc) is 2.88. The maximum atomic E-state index is 12.4. The van der Waals surface area contributed by atoms with E-state index in [1.807, 2.05) is 25.1 Å². The van der Waals surface area contributed by atoms with Crippen LogP contribution in [0.4, 0.5) is 13.2 Å². The van der Waals surface area contributed by atoms with Gasteiger partial charge in [0.05, 0.1) is 6.10 Å². The molecule has 2 aromatic rings. The number of thioether (sulfide) groups is 1. The minimum atomic E-state index is -4.34. The number of aliphatic hydroxyl groups excluding tert-OH is 1. The second-order valence-electron chi connectivity index (χ2n) is 4.95. The molecule has 23 heavy (non-hydrogen) atoms. The second-order valence-corrected chi connectivity index (χ2v) is 5.94. The Balaban J connectivity index is 1.81. The summed E-state index contributed by atoms with van der Waals surface area (Å²) < 4.78 is 43.5. The van der Waals surface area contributed by atoms with Crippen molar-refractivity contribution in [3.05, 3.63) is 36.2 Å². The third kappa shape index (κ3) is 6.11. The molecule has 2 rings (SSSR count). The molecule has 0 aliphatic rings. The Morgan fingerprint density at radius 3 is 2.87 bits per heavy atom. The lowest BCUT2D eigenvalue weighted by Gasteiger charge is -2.13. The molecule has 9 heteroatoms. The van der Waals surface area contributed by atoms with Crippen LogP contribution in [0.3, 0.4) is 0 Å². The first-order valence-corrected chi connectivity index (χ1v) is 7.77. The maximum Gasteiger partial charge on any atom is 0.406 e. The van der Waals surface area contributed by atoms with Gasteiger partial charge in [0.25, 0.3) is 0 Å². The van der Waals surface area contributed by atoms with Crippen molar-refractivity contribution in [2.75, 3.05) is 12.4 Å². The van der Waals surface area contributed by atoms with Gasteiger partial charge in [0.2, 0.25) is 0 Å². The Labute approximate surface area is 135 Å². The van der Waals surface area contributed by atoms with E-state index in [1.54, 1.807) is 6.07 Å². The number of halogens is 3. The molecule has 1 atom stereocenters. The number of rotatable bonds is 7. The summed E-state index contributed by atoms with van der Waals surface area (Å²) in [6.45, 7) is 0.814. The van der Waals surface area contributed by atoms with Gasteiger partial charge in [-0.05, 0) is 24.6 Å². The quantitative estimate of drug-likeness (QED) is 0.781. The summed E-state index contributed by atoms with van der Waals surface area (Å²) >= 11 is 1.00. The Hall–Kier alpha value is -1.74. The first kappa shape index (κ1) is 17.6. The van der Waals surface area contributed by atoms with Crippen LogP contribution in [-0.2, 0) is 6.54 Å². The van der Waals surface area contributed by atoms with Gasteiger partial charge in [0.15, 0.2) is 5.16 Å². The first-order valence-electron chi connectivity index (χ1n) is 6.78. The van der Waals surface area contributed by atoms with Gasteiger partial charge < -0.3 is 9.84 Å². The number of ether oxygens (including phenoxy) is 1. The van der Waals surface area contributed by atoms with Gasteiger partial charge in [-0.25, -0.2) is 0 Å². The Morgan fingerprint density at radius 1 is 1.39 bits per heavy atom. The van der Waals surface area contributed by atoms with E-state index in [4.69, 9.17) is 4.74 Å². The highest BCUT2D eigenvalue weighted by Crippen LogP contribution is 2.22. The molecular weight excluding hydrogens is 331 g/mol. The topological polar surface area (TPSA) is 60.2 Å². The van der Waals surface area contributed by atoms with E-state index in [-0.39, 0.29) is 17.5 Å². The van der Waals surface area contributed by atoms with E-state index >= 15 is 0 Å². The minimum absolute atomic E-state index is 0.0455. The highest BCUT2D eigenvalue weighted by Gasteiger charge is 2.29. The predicted octanol–water partition coefficient (Wildman–Crippen LogP) is 2.68. The molecule has 0 spiro atoms. The summed E-state index contributed by atoms with van der Waals surface area (Å²) in [6.07, 6.45) is -4.16. The SMILES string of the molecule is Cc1cccc(OCC(O)CSc2nncn2CC(F)(F)F)c1. The number of hydrogen-bond acceptors (Lipinski definition) is 5. The van der Waals surface area contributed by atoms with Crippen molar-refractivity contribution in [1.29, 1.82) is 0 Å². The second kappa shape index (κ2) is 7.69. The van der Waals surface area contributed by atoms with Crippen molar-refractivity contribution < 1.29 is 23.0 Å². The molecule has 1 N–H and O–H groups in total. The monoisotopic (exact) mass is 347 g/mol. The minimum Gasteiger partial charge on any atom is -0.491 e. The van der Waals surface area contributed by atoms with Crippen LogP contribution in [0.5, 0.6) is 5.75 Å². The van der Waals surface area contributed by atoms with Gasteiger partial charge in [-0.15, -0.1) is 10.2 Å². The van der Waals surface area contributed by atoms with E-state index < -0.39 is 18.8 Å². The zero-order valence-corrected chi connectivity index (χ0v) is 13.1. The summed E-state index contributed by atoms with van der Waals surface area (Å²) in [6, 6.07) is 7.37. The standard InChI is InChI=1S/C14H16F3N3O2S/c1-10-3-2-4-12(5-10)22-6-11(21)7-23-13-19-18-9-20(13)8-14(15,16)17/h2-5,9,11,21H,6-8H2,1H3. The molecule has 0 fully saturated rings. The van der Waals surface area contributed by atoms with Gasteiger partial charge in [0, 0.05) is 5.75 Å². The van der Waals surface area contributed by atoms with Gasteiger partial charge in [-0.3, -0.25) is 4.57 Å². The van der Waals surface area contributed by atoms with Crippen LogP contribution in [-0.4, -0.2) is 44.5 Å². The lowest BCUT2D eigenvalue weighted by Crippen LogP contribution is -2.21. The molecule has 0 saturated carbocycles. The van der Waals surface area contributed by atoms with Crippen molar-refractivity contribution in [1.82, 2.24) is 14.8 Å². The number of aryl methyl sites for hydroxylation is 1. The van der Waals surface area contributed by atoms with E-state index in [9.17, 15) is 18.3 Å². The molecule has 1 aromatic carbocycles. The fraction of sp³-hybridized carbons (Fsp3) is 0.429. The number of alkyl halides is 3. The van der Waals surface area contributed by atoms with E-state index in [0.29, 0.717) is 5.75 Å².